The number of hydrogen-bond acceptors (Lipinski definition) is 5. The van der Waals surface area contributed by atoms with E-state index < -0.39 is 67.7 Å². The molecular weight excluding hydrogens is 473 g/mol. The number of nitrogens with zero attached hydrogens (tertiary/aromatic N) is 1. The van der Waals surface area contributed by atoms with Gasteiger partial charge in [0, 0.05) is 11.1 Å². The van der Waals surface area contributed by atoms with E-state index in [0.717, 1.165) is 18.2 Å². The molecule has 0 spiro atoms. The Kier molecular flexibility index (Phi) is 5.95. The van der Waals surface area contributed by atoms with E-state index in [1.165, 1.54) is 6.92 Å². The van der Waals surface area contributed by atoms with Crippen LogP contribution in [-0.4, -0.2) is 19.9 Å². The largest absolute Gasteiger partial charge is 0.573 e. The van der Waals surface area contributed by atoms with E-state index in [4.69, 9.17) is 5.14 Å². The van der Waals surface area contributed by atoms with Gasteiger partial charge in [-0.15, -0.1) is 13.2 Å². The Morgan fingerprint density at radius 1 is 1.09 bits per heavy atom. The van der Waals surface area contributed by atoms with Crippen LogP contribution in [0.3, 0.4) is 0 Å². The summed E-state index contributed by atoms with van der Waals surface area (Å²) in [6, 6.07) is 3.49. The summed E-state index contributed by atoms with van der Waals surface area (Å²) in [6.45, 7) is 1.22. The highest BCUT2D eigenvalue weighted by Gasteiger charge is 2.33. The number of aromatic nitrogens is 1. The summed E-state index contributed by atoms with van der Waals surface area (Å²) in [5.41, 5.74) is -2.17. The van der Waals surface area contributed by atoms with E-state index in [1.807, 2.05) is 0 Å². The van der Waals surface area contributed by atoms with Gasteiger partial charge in [-0.3, -0.25) is 0 Å². The molecule has 2 N–H and O–H groups in total. The quantitative estimate of drug-likeness (QED) is 0.510. The first-order valence-electron chi connectivity index (χ1n) is 8.35. The van der Waals surface area contributed by atoms with Crippen LogP contribution >= 0.6 is 0 Å². The van der Waals surface area contributed by atoms with E-state index in [1.54, 1.807) is 0 Å². The maximum atomic E-state index is 14.6. The highest BCUT2D eigenvalue weighted by atomic mass is 32.2. The Bertz CT molecular complexity index is 1290. The van der Waals surface area contributed by atoms with Crippen LogP contribution < -0.4 is 9.88 Å². The molecule has 1 aromatic heterocycles. The average Bonchev–Trinajstić information content (AvgIpc) is 3.08. The summed E-state index contributed by atoms with van der Waals surface area (Å²) in [5.74, 6) is -4.72. The van der Waals surface area contributed by atoms with Crippen molar-refractivity contribution in [1.82, 2.24) is 5.16 Å². The fraction of sp³-hybridized carbons (Fsp3) is 0.167. The number of hydrogen-bond donors (Lipinski definition) is 1. The lowest BCUT2D eigenvalue weighted by Crippen LogP contribution is -2.17. The molecule has 32 heavy (non-hydrogen) atoms. The zero-order valence-electron chi connectivity index (χ0n) is 15.7. The molecule has 0 aliphatic heterocycles. The molecule has 0 radical (unpaired) electrons. The molecule has 0 unspecified atom stereocenters. The molecule has 1 heterocycles. The van der Waals surface area contributed by atoms with E-state index in [9.17, 15) is 39.2 Å². The fourth-order valence-corrected chi connectivity index (χ4v) is 3.48. The minimum atomic E-state index is -4.99. The second-order valence-corrected chi connectivity index (χ2v) is 7.94. The second-order valence-electron chi connectivity index (χ2n) is 6.41. The molecule has 14 heteroatoms. The molecule has 0 saturated heterocycles. The van der Waals surface area contributed by atoms with Crippen LogP contribution in [0.5, 0.6) is 5.75 Å². The summed E-state index contributed by atoms with van der Waals surface area (Å²) in [5, 5.41) is 8.21. The first kappa shape index (κ1) is 23.5. The van der Waals surface area contributed by atoms with Gasteiger partial charge in [0.05, 0.1) is 5.56 Å². The number of primary sulfonamides is 1. The summed E-state index contributed by atoms with van der Waals surface area (Å²) in [7, 11) is -4.66. The predicted molar refractivity (Wildman–Crippen MR) is 95.0 cm³/mol. The van der Waals surface area contributed by atoms with Gasteiger partial charge >= 0.3 is 6.36 Å². The molecule has 0 aliphatic carbocycles. The van der Waals surface area contributed by atoms with Crippen LogP contribution in [0.15, 0.2) is 39.8 Å². The topological polar surface area (TPSA) is 95.4 Å². The zero-order valence-corrected chi connectivity index (χ0v) is 16.5. The molecule has 0 fully saturated rings. The number of benzene rings is 2. The first-order valence-corrected chi connectivity index (χ1v) is 9.90. The fourth-order valence-electron chi connectivity index (χ4n) is 2.88. The lowest BCUT2D eigenvalue weighted by atomic mass is 9.97. The molecule has 0 saturated carbocycles. The van der Waals surface area contributed by atoms with Crippen molar-refractivity contribution in [1.29, 1.82) is 0 Å². The Labute approximate surface area is 175 Å². The van der Waals surface area contributed by atoms with Gasteiger partial charge in [-0.05, 0) is 42.8 Å². The van der Waals surface area contributed by atoms with Crippen molar-refractivity contribution in [2.45, 2.75) is 24.6 Å². The molecule has 6 nitrogen and oxygen atoms in total. The molecule has 0 atom stereocenters. The lowest BCUT2D eigenvalue weighted by molar-refractivity contribution is -0.274. The number of ether oxygens (including phenoxy) is 1. The smallest absolute Gasteiger partial charge is 0.406 e. The standard InChI is InChI=1S/C18H11F7N2O4S/c1-7-4-8(2-3-12(7)30-18(23,24)25)15-14(16(17(21)22)31-27-15)9-5-11(20)13(6-10(9)19)32(26,28)29/h2-6,17H,1H3,(H2,26,28,29). The van der Waals surface area contributed by atoms with Crippen LogP contribution in [0.2, 0.25) is 0 Å². The molecule has 0 bridgehead atoms. The summed E-state index contributed by atoms with van der Waals surface area (Å²) in [4.78, 5) is -1.21. The van der Waals surface area contributed by atoms with Crippen LogP contribution in [-0.2, 0) is 10.0 Å². The third-order valence-corrected chi connectivity index (χ3v) is 5.11. The second kappa shape index (κ2) is 8.09. The van der Waals surface area contributed by atoms with E-state index in [-0.39, 0.29) is 17.2 Å². The Balaban J connectivity index is 2.21. The summed E-state index contributed by atoms with van der Waals surface area (Å²) < 4.78 is 124. The van der Waals surface area contributed by atoms with Gasteiger partial charge in [0.1, 0.15) is 28.0 Å². The van der Waals surface area contributed by atoms with Crippen LogP contribution in [0.4, 0.5) is 30.7 Å². The number of alkyl halides is 5. The summed E-state index contributed by atoms with van der Waals surface area (Å²) in [6.07, 6.45) is -8.33. The van der Waals surface area contributed by atoms with Crippen LogP contribution in [0.1, 0.15) is 17.7 Å². The molecule has 172 valence electrons. The van der Waals surface area contributed by atoms with Crippen molar-refractivity contribution in [2.24, 2.45) is 5.14 Å². The van der Waals surface area contributed by atoms with Crippen LogP contribution in [0.25, 0.3) is 22.4 Å². The SMILES string of the molecule is Cc1cc(-c2noc(C(F)F)c2-c2cc(F)c(S(N)(=O)=O)cc2F)ccc1OC(F)(F)F. The van der Waals surface area contributed by atoms with Crippen molar-refractivity contribution in [3.05, 3.63) is 53.3 Å². The van der Waals surface area contributed by atoms with Crippen molar-refractivity contribution < 1.29 is 48.4 Å². The molecule has 2 aromatic carbocycles. The molecule has 0 aliphatic rings. The van der Waals surface area contributed by atoms with Gasteiger partial charge in [0.25, 0.3) is 6.43 Å². The maximum Gasteiger partial charge on any atom is 0.573 e. The maximum absolute atomic E-state index is 14.6. The van der Waals surface area contributed by atoms with Gasteiger partial charge in [-0.2, -0.15) is 0 Å². The Hall–Kier alpha value is -3.13. The summed E-state index contributed by atoms with van der Waals surface area (Å²) >= 11 is 0. The van der Waals surface area contributed by atoms with E-state index >= 15 is 0 Å². The van der Waals surface area contributed by atoms with Gasteiger partial charge in [0.2, 0.25) is 15.8 Å². The van der Waals surface area contributed by atoms with Gasteiger partial charge < -0.3 is 9.26 Å². The normalized spacial score (nSPS) is 12.4. The molecular formula is C18H11F7N2O4S. The van der Waals surface area contributed by atoms with E-state index in [0.29, 0.717) is 6.07 Å². The highest BCUT2D eigenvalue weighted by Crippen LogP contribution is 2.42. The first-order chi connectivity index (χ1) is 14.7. The Morgan fingerprint density at radius 2 is 1.75 bits per heavy atom. The molecule has 3 aromatic rings. The third-order valence-electron chi connectivity index (χ3n) is 4.19. The highest BCUT2D eigenvalue weighted by molar-refractivity contribution is 7.89. The number of rotatable bonds is 5. The molecule has 3 rings (SSSR count). The third kappa shape index (κ3) is 4.70. The zero-order chi connectivity index (χ0) is 24.0. The molecule has 0 amide bonds. The van der Waals surface area contributed by atoms with Gasteiger partial charge in [-0.25, -0.2) is 31.1 Å². The number of nitrogens with two attached hydrogens (primary N) is 1. The number of sulfonamides is 1. The minimum absolute atomic E-state index is 0.0800. The number of halogens is 7. The van der Waals surface area contributed by atoms with Crippen LogP contribution in [0, 0.1) is 18.6 Å². The predicted octanol–water partition coefficient (Wildman–Crippen LogP) is 5.08. The Morgan fingerprint density at radius 3 is 2.28 bits per heavy atom. The van der Waals surface area contributed by atoms with Crippen molar-refractivity contribution in [3.8, 4) is 28.1 Å². The van der Waals surface area contributed by atoms with E-state index in [2.05, 4.69) is 14.4 Å². The van der Waals surface area contributed by atoms with Gasteiger partial charge in [-0.1, -0.05) is 5.16 Å². The lowest BCUT2D eigenvalue weighted by Gasteiger charge is -2.12. The van der Waals surface area contributed by atoms with Crippen molar-refractivity contribution in [2.75, 3.05) is 0 Å². The number of aryl methyl sites for hydroxylation is 1. The average molecular weight is 484 g/mol. The monoisotopic (exact) mass is 484 g/mol. The van der Waals surface area contributed by atoms with Gasteiger partial charge in [0.15, 0.2) is 0 Å². The minimum Gasteiger partial charge on any atom is -0.406 e. The van der Waals surface area contributed by atoms with Crippen molar-refractivity contribution in [3.63, 3.8) is 0 Å². The van der Waals surface area contributed by atoms with Crippen molar-refractivity contribution >= 4 is 10.0 Å².